The van der Waals surface area contributed by atoms with Gasteiger partial charge in [0.15, 0.2) is 0 Å². The smallest absolute Gasteiger partial charge is 0.255 e. The van der Waals surface area contributed by atoms with Gasteiger partial charge < -0.3 is 10.2 Å². The van der Waals surface area contributed by atoms with Crippen LogP contribution in [0.25, 0.3) is 0 Å². The van der Waals surface area contributed by atoms with Gasteiger partial charge in [-0.1, -0.05) is 30.3 Å². The lowest BCUT2D eigenvalue weighted by molar-refractivity contribution is -0.124. The maximum Gasteiger partial charge on any atom is 0.255 e. The molecule has 1 fully saturated rings. The minimum Gasteiger partial charge on any atom is -0.354 e. The van der Waals surface area contributed by atoms with Gasteiger partial charge in [-0.25, -0.2) is 4.39 Å². The zero-order valence-corrected chi connectivity index (χ0v) is 14.5. The average molecular weight is 358 g/mol. The van der Waals surface area contributed by atoms with Crippen molar-refractivity contribution >= 4 is 23.6 Å². The van der Waals surface area contributed by atoms with E-state index in [0.717, 1.165) is 5.56 Å². The van der Waals surface area contributed by atoms with E-state index in [1.807, 2.05) is 24.3 Å². The fourth-order valence-corrected chi connectivity index (χ4v) is 3.90. The fourth-order valence-electron chi connectivity index (χ4n) is 2.75. The van der Waals surface area contributed by atoms with Gasteiger partial charge in [0, 0.05) is 17.9 Å². The Kier molecular flexibility index (Phi) is 5.71. The zero-order valence-electron chi connectivity index (χ0n) is 13.7. The lowest BCUT2D eigenvalue weighted by Gasteiger charge is -2.23. The van der Waals surface area contributed by atoms with Crippen LogP contribution in [-0.2, 0) is 11.2 Å². The van der Waals surface area contributed by atoms with E-state index in [1.165, 1.54) is 12.1 Å². The van der Waals surface area contributed by atoms with Crippen molar-refractivity contribution in [3.63, 3.8) is 0 Å². The molecule has 0 unspecified atom stereocenters. The molecule has 1 N–H and O–H groups in total. The van der Waals surface area contributed by atoms with E-state index in [-0.39, 0.29) is 17.6 Å². The second-order valence-corrected chi connectivity index (χ2v) is 6.83. The highest BCUT2D eigenvalue weighted by Gasteiger charge is 2.34. The molecule has 4 nitrogen and oxygen atoms in total. The standard InChI is InChI=1S/C19H19FN2O2S/c20-16-8-4-5-14(11-16)9-10-21-18(23)17-12-25-13-22(17)19(24)15-6-2-1-3-7-15/h1-8,11,17H,9-10,12-13H2,(H,21,23)/t17-/m0/s1. The third-order valence-corrected chi connectivity index (χ3v) is 5.08. The number of halogens is 1. The van der Waals surface area contributed by atoms with E-state index in [1.54, 1.807) is 34.9 Å². The van der Waals surface area contributed by atoms with Crippen LogP contribution in [0.3, 0.4) is 0 Å². The summed E-state index contributed by atoms with van der Waals surface area (Å²) >= 11 is 1.57. The first-order valence-corrected chi connectivity index (χ1v) is 9.26. The molecule has 0 saturated carbocycles. The van der Waals surface area contributed by atoms with Crippen molar-refractivity contribution in [1.82, 2.24) is 10.2 Å². The minimum atomic E-state index is -0.467. The van der Waals surface area contributed by atoms with Crippen molar-refractivity contribution in [2.24, 2.45) is 0 Å². The summed E-state index contributed by atoms with van der Waals surface area (Å²) < 4.78 is 13.2. The van der Waals surface area contributed by atoms with Gasteiger partial charge in [-0.15, -0.1) is 11.8 Å². The monoisotopic (exact) mass is 358 g/mol. The van der Waals surface area contributed by atoms with Gasteiger partial charge >= 0.3 is 0 Å². The van der Waals surface area contributed by atoms with Crippen LogP contribution in [0.5, 0.6) is 0 Å². The van der Waals surface area contributed by atoms with Crippen LogP contribution < -0.4 is 5.32 Å². The SMILES string of the molecule is O=C(NCCc1cccc(F)c1)[C@@H]1CSCN1C(=O)c1ccccc1. The van der Waals surface area contributed by atoms with Crippen LogP contribution >= 0.6 is 11.8 Å². The van der Waals surface area contributed by atoms with Crippen LogP contribution in [0.15, 0.2) is 54.6 Å². The summed E-state index contributed by atoms with van der Waals surface area (Å²) in [6.45, 7) is 0.414. The molecule has 2 amide bonds. The molecule has 130 valence electrons. The molecule has 1 aliphatic heterocycles. The number of hydrogen-bond donors (Lipinski definition) is 1. The number of hydrogen-bond acceptors (Lipinski definition) is 3. The molecule has 0 radical (unpaired) electrons. The first kappa shape index (κ1) is 17.5. The predicted octanol–water partition coefficient (Wildman–Crippen LogP) is 2.70. The Labute approximate surface area is 150 Å². The molecule has 1 saturated heterocycles. The number of carbonyl (C=O) groups excluding carboxylic acids is 2. The number of thioether (sulfide) groups is 1. The van der Waals surface area contributed by atoms with Crippen molar-refractivity contribution in [2.45, 2.75) is 12.5 Å². The largest absolute Gasteiger partial charge is 0.354 e. The third-order valence-electron chi connectivity index (χ3n) is 4.07. The first-order valence-electron chi connectivity index (χ1n) is 8.11. The van der Waals surface area contributed by atoms with E-state index in [0.29, 0.717) is 30.2 Å². The molecule has 0 spiro atoms. The second-order valence-electron chi connectivity index (χ2n) is 5.83. The molecule has 0 bridgehead atoms. The van der Waals surface area contributed by atoms with Gasteiger partial charge in [-0.2, -0.15) is 0 Å². The van der Waals surface area contributed by atoms with Crippen molar-refractivity contribution in [3.05, 3.63) is 71.5 Å². The minimum absolute atomic E-state index is 0.129. The Morgan fingerprint density at radius 3 is 2.72 bits per heavy atom. The number of rotatable bonds is 5. The Morgan fingerprint density at radius 1 is 1.16 bits per heavy atom. The van der Waals surface area contributed by atoms with Crippen LogP contribution in [0.4, 0.5) is 4.39 Å². The molecule has 1 atom stereocenters. The molecule has 3 rings (SSSR count). The summed E-state index contributed by atoms with van der Waals surface area (Å²) in [4.78, 5) is 26.7. The molecule has 2 aromatic rings. The number of amides is 2. The third kappa shape index (κ3) is 4.39. The molecular formula is C19H19FN2O2S. The first-order chi connectivity index (χ1) is 12.1. The Bertz CT molecular complexity index is 754. The van der Waals surface area contributed by atoms with Gasteiger partial charge in [0.2, 0.25) is 5.91 Å². The molecule has 2 aromatic carbocycles. The second kappa shape index (κ2) is 8.16. The normalized spacial score (nSPS) is 16.7. The Balaban J connectivity index is 1.56. The summed E-state index contributed by atoms with van der Waals surface area (Å²) in [5.74, 6) is 0.525. The number of nitrogens with zero attached hydrogens (tertiary/aromatic N) is 1. The quantitative estimate of drug-likeness (QED) is 0.894. The molecule has 1 heterocycles. The molecule has 1 aliphatic rings. The summed E-state index contributed by atoms with van der Waals surface area (Å²) in [6.07, 6.45) is 0.552. The number of nitrogens with one attached hydrogen (secondary N) is 1. The molecule has 0 aromatic heterocycles. The van der Waals surface area contributed by atoms with Crippen molar-refractivity contribution < 1.29 is 14.0 Å². The highest BCUT2D eigenvalue weighted by molar-refractivity contribution is 7.99. The van der Waals surface area contributed by atoms with Crippen LogP contribution in [0.1, 0.15) is 15.9 Å². The van der Waals surface area contributed by atoms with Crippen molar-refractivity contribution in [3.8, 4) is 0 Å². The average Bonchev–Trinajstić information content (AvgIpc) is 3.11. The van der Waals surface area contributed by atoms with E-state index < -0.39 is 6.04 Å². The molecule has 0 aliphatic carbocycles. The maximum atomic E-state index is 13.2. The summed E-state index contributed by atoms with van der Waals surface area (Å²) in [5, 5.41) is 2.86. The molecule has 6 heteroatoms. The Morgan fingerprint density at radius 2 is 1.96 bits per heavy atom. The topological polar surface area (TPSA) is 49.4 Å². The van der Waals surface area contributed by atoms with Crippen molar-refractivity contribution in [1.29, 1.82) is 0 Å². The highest BCUT2D eigenvalue weighted by atomic mass is 32.2. The summed E-state index contributed by atoms with van der Waals surface area (Å²) in [5.41, 5.74) is 1.42. The summed E-state index contributed by atoms with van der Waals surface area (Å²) in [6, 6.07) is 14.8. The van der Waals surface area contributed by atoms with Gasteiger partial charge in [0.25, 0.3) is 5.91 Å². The Hall–Kier alpha value is -2.34. The van der Waals surface area contributed by atoms with Crippen LogP contribution in [0, 0.1) is 5.82 Å². The number of benzene rings is 2. The molecule has 25 heavy (non-hydrogen) atoms. The van der Waals surface area contributed by atoms with Crippen molar-refractivity contribution in [2.75, 3.05) is 18.2 Å². The molecular weight excluding hydrogens is 339 g/mol. The fraction of sp³-hybridized carbons (Fsp3) is 0.263. The zero-order chi connectivity index (χ0) is 17.6. The maximum absolute atomic E-state index is 13.2. The summed E-state index contributed by atoms with van der Waals surface area (Å²) in [7, 11) is 0. The van der Waals surface area contributed by atoms with Gasteiger partial charge in [-0.3, -0.25) is 9.59 Å². The lowest BCUT2D eigenvalue weighted by Crippen LogP contribution is -2.47. The van der Waals surface area contributed by atoms with E-state index in [4.69, 9.17) is 0 Å². The van der Waals surface area contributed by atoms with Crippen LogP contribution in [0.2, 0.25) is 0 Å². The lowest BCUT2D eigenvalue weighted by atomic mass is 10.1. The number of carbonyl (C=O) groups is 2. The predicted molar refractivity (Wildman–Crippen MR) is 96.8 cm³/mol. The van der Waals surface area contributed by atoms with Crippen LogP contribution in [-0.4, -0.2) is 40.9 Å². The van der Waals surface area contributed by atoms with Gasteiger partial charge in [0.05, 0.1) is 5.88 Å². The van der Waals surface area contributed by atoms with Gasteiger partial charge in [-0.05, 0) is 36.2 Å². The van der Waals surface area contributed by atoms with E-state index in [2.05, 4.69) is 5.32 Å². The van der Waals surface area contributed by atoms with E-state index in [9.17, 15) is 14.0 Å². The van der Waals surface area contributed by atoms with E-state index >= 15 is 0 Å². The van der Waals surface area contributed by atoms with Gasteiger partial charge in [0.1, 0.15) is 11.9 Å². The highest BCUT2D eigenvalue weighted by Crippen LogP contribution is 2.23.